The van der Waals surface area contributed by atoms with E-state index in [4.69, 9.17) is 15.2 Å². The average molecular weight is 303 g/mol. The summed E-state index contributed by atoms with van der Waals surface area (Å²) in [4.78, 5) is 0.128. The lowest BCUT2D eigenvalue weighted by Crippen LogP contribution is -2.27. The van der Waals surface area contributed by atoms with Crippen LogP contribution in [0, 0.1) is 0 Å². The summed E-state index contributed by atoms with van der Waals surface area (Å²) in [5.74, 6) is 0. The van der Waals surface area contributed by atoms with Gasteiger partial charge >= 0.3 is 0 Å². The van der Waals surface area contributed by atoms with Crippen molar-refractivity contribution in [2.75, 3.05) is 45.5 Å². The van der Waals surface area contributed by atoms with Gasteiger partial charge in [0, 0.05) is 20.8 Å². The molecule has 0 saturated carbocycles. The highest BCUT2D eigenvalue weighted by molar-refractivity contribution is 7.89. The molecule has 1 aromatic rings. The van der Waals surface area contributed by atoms with Gasteiger partial charge in [-0.25, -0.2) is 13.1 Å². The molecule has 0 bridgehead atoms. The zero-order valence-electron chi connectivity index (χ0n) is 11.8. The summed E-state index contributed by atoms with van der Waals surface area (Å²) in [6.07, 6.45) is -0.111. The monoisotopic (exact) mass is 303 g/mol. The fourth-order valence-corrected chi connectivity index (χ4v) is 2.37. The van der Waals surface area contributed by atoms with E-state index in [9.17, 15) is 8.42 Å². The first kappa shape index (κ1) is 16.7. The molecule has 8 heteroatoms. The molecule has 20 heavy (non-hydrogen) atoms. The molecule has 0 saturated heterocycles. The third-order valence-corrected chi connectivity index (χ3v) is 4.22. The summed E-state index contributed by atoms with van der Waals surface area (Å²) in [5.41, 5.74) is 6.85. The molecule has 1 unspecified atom stereocenters. The number of sulfonamides is 1. The van der Waals surface area contributed by atoms with Crippen molar-refractivity contribution in [1.29, 1.82) is 0 Å². The van der Waals surface area contributed by atoms with Gasteiger partial charge < -0.3 is 20.5 Å². The summed E-state index contributed by atoms with van der Waals surface area (Å²) in [5, 5.41) is 3.10. The van der Waals surface area contributed by atoms with Gasteiger partial charge in [-0.2, -0.15) is 0 Å². The van der Waals surface area contributed by atoms with Crippen LogP contribution >= 0.6 is 0 Å². The number of hydrogen-bond acceptors (Lipinski definition) is 6. The summed E-state index contributed by atoms with van der Waals surface area (Å²) >= 11 is 0. The van der Waals surface area contributed by atoms with Crippen LogP contribution < -0.4 is 15.8 Å². The van der Waals surface area contributed by atoms with Gasteiger partial charge in [0.1, 0.15) is 0 Å². The van der Waals surface area contributed by atoms with Crippen molar-refractivity contribution in [3.63, 3.8) is 0 Å². The van der Waals surface area contributed by atoms with Crippen LogP contribution in [-0.2, 0) is 19.5 Å². The van der Waals surface area contributed by atoms with E-state index in [-0.39, 0.29) is 11.0 Å². The molecule has 0 amide bonds. The van der Waals surface area contributed by atoms with E-state index in [1.165, 1.54) is 19.2 Å². The van der Waals surface area contributed by atoms with Gasteiger partial charge in [-0.05, 0) is 25.2 Å². The highest BCUT2D eigenvalue weighted by atomic mass is 32.2. The second-order valence-electron chi connectivity index (χ2n) is 4.15. The normalized spacial score (nSPS) is 13.2. The summed E-state index contributed by atoms with van der Waals surface area (Å²) in [6.45, 7) is 0.961. The van der Waals surface area contributed by atoms with E-state index in [1.54, 1.807) is 20.3 Å². The second-order valence-corrected chi connectivity index (χ2v) is 6.04. The maximum absolute atomic E-state index is 11.6. The molecule has 0 aromatic heterocycles. The van der Waals surface area contributed by atoms with Crippen LogP contribution in [0.2, 0.25) is 0 Å². The van der Waals surface area contributed by atoms with Gasteiger partial charge in [0.2, 0.25) is 10.0 Å². The van der Waals surface area contributed by atoms with Crippen LogP contribution in [-0.4, -0.2) is 48.9 Å². The van der Waals surface area contributed by atoms with Crippen molar-refractivity contribution in [3.05, 3.63) is 18.2 Å². The van der Waals surface area contributed by atoms with Gasteiger partial charge in [0.25, 0.3) is 0 Å². The first-order chi connectivity index (χ1) is 9.44. The molecule has 0 aliphatic rings. The van der Waals surface area contributed by atoms with Gasteiger partial charge in [-0.1, -0.05) is 0 Å². The van der Waals surface area contributed by atoms with Crippen molar-refractivity contribution < 1.29 is 17.9 Å². The van der Waals surface area contributed by atoms with Crippen molar-refractivity contribution in [3.8, 4) is 0 Å². The third-order valence-electron chi connectivity index (χ3n) is 2.81. The standard InChI is InChI=1S/C12H21N3O4S/c1-14-20(16,17)10-4-5-12(11(13)6-10)15-7-9(19-3)8-18-2/h4-6,9,14-15H,7-8,13H2,1-3H3. The number of nitrogen functional groups attached to an aromatic ring is 1. The lowest BCUT2D eigenvalue weighted by molar-refractivity contribution is 0.0366. The quantitative estimate of drug-likeness (QED) is 0.595. The molecule has 0 aliphatic carbocycles. The highest BCUT2D eigenvalue weighted by Gasteiger charge is 2.13. The highest BCUT2D eigenvalue weighted by Crippen LogP contribution is 2.22. The topological polar surface area (TPSA) is 103 Å². The first-order valence-corrected chi connectivity index (χ1v) is 7.51. The van der Waals surface area contributed by atoms with Crippen LogP contribution in [0.15, 0.2) is 23.1 Å². The lowest BCUT2D eigenvalue weighted by atomic mass is 10.2. The van der Waals surface area contributed by atoms with Gasteiger partial charge in [0.05, 0.1) is 29.0 Å². The fraction of sp³-hybridized carbons (Fsp3) is 0.500. The van der Waals surface area contributed by atoms with E-state index in [2.05, 4.69) is 10.0 Å². The molecule has 4 N–H and O–H groups in total. The maximum Gasteiger partial charge on any atom is 0.240 e. The predicted molar refractivity (Wildman–Crippen MR) is 78.3 cm³/mol. The minimum absolute atomic E-state index is 0.111. The minimum atomic E-state index is -3.48. The number of hydrogen-bond donors (Lipinski definition) is 3. The largest absolute Gasteiger partial charge is 0.397 e. The Balaban J connectivity index is 2.79. The number of anilines is 2. The lowest BCUT2D eigenvalue weighted by Gasteiger charge is -2.17. The van der Waals surface area contributed by atoms with E-state index in [0.717, 1.165) is 0 Å². The minimum Gasteiger partial charge on any atom is -0.397 e. The summed E-state index contributed by atoms with van der Waals surface area (Å²) < 4.78 is 35.7. The van der Waals surface area contributed by atoms with E-state index < -0.39 is 10.0 Å². The molecule has 0 spiro atoms. The zero-order valence-corrected chi connectivity index (χ0v) is 12.7. The SMILES string of the molecule is CNS(=O)(=O)c1ccc(NCC(COC)OC)c(N)c1. The maximum atomic E-state index is 11.6. The van der Waals surface area contributed by atoms with Crippen LogP contribution in [0.25, 0.3) is 0 Å². The molecular weight excluding hydrogens is 282 g/mol. The first-order valence-electron chi connectivity index (χ1n) is 6.03. The van der Waals surface area contributed by atoms with Crippen LogP contribution in [0.3, 0.4) is 0 Å². The molecule has 0 heterocycles. The molecule has 0 fully saturated rings. The van der Waals surface area contributed by atoms with E-state index in [0.29, 0.717) is 24.5 Å². The number of nitrogens with one attached hydrogen (secondary N) is 2. The van der Waals surface area contributed by atoms with Crippen LogP contribution in [0.4, 0.5) is 11.4 Å². The Kier molecular flexibility index (Phi) is 6.21. The Bertz CT molecular complexity index is 534. The van der Waals surface area contributed by atoms with Crippen molar-refractivity contribution >= 4 is 21.4 Å². The number of methoxy groups -OCH3 is 2. The number of rotatable bonds is 8. The molecule has 0 aliphatic heterocycles. The molecule has 0 radical (unpaired) electrons. The van der Waals surface area contributed by atoms with Crippen LogP contribution in [0.1, 0.15) is 0 Å². The smallest absolute Gasteiger partial charge is 0.240 e. The van der Waals surface area contributed by atoms with Gasteiger partial charge in [0.15, 0.2) is 0 Å². The Morgan fingerprint density at radius 1 is 1.35 bits per heavy atom. The Morgan fingerprint density at radius 2 is 2.05 bits per heavy atom. The Morgan fingerprint density at radius 3 is 2.55 bits per heavy atom. The molecular formula is C12H21N3O4S. The number of nitrogens with two attached hydrogens (primary N) is 1. The molecule has 114 valence electrons. The third kappa shape index (κ3) is 4.34. The molecule has 7 nitrogen and oxygen atoms in total. The van der Waals surface area contributed by atoms with Gasteiger partial charge in [-0.3, -0.25) is 0 Å². The van der Waals surface area contributed by atoms with E-state index >= 15 is 0 Å². The Labute approximate surface area is 119 Å². The summed E-state index contributed by atoms with van der Waals surface area (Å²) in [7, 11) is 1.06. The van der Waals surface area contributed by atoms with Gasteiger partial charge in [-0.15, -0.1) is 0 Å². The Hall–Kier alpha value is -1.35. The van der Waals surface area contributed by atoms with Crippen molar-refractivity contribution in [1.82, 2.24) is 4.72 Å². The predicted octanol–water partition coefficient (Wildman–Crippen LogP) is 0.250. The fourth-order valence-electron chi connectivity index (χ4n) is 1.61. The van der Waals surface area contributed by atoms with Crippen molar-refractivity contribution in [2.45, 2.75) is 11.0 Å². The zero-order chi connectivity index (χ0) is 15.2. The molecule has 1 rings (SSSR count). The molecule has 1 atom stereocenters. The summed E-state index contributed by atoms with van der Waals surface area (Å²) in [6, 6.07) is 4.52. The number of ether oxygens (including phenoxy) is 2. The van der Waals surface area contributed by atoms with Crippen LogP contribution in [0.5, 0.6) is 0 Å². The molecule has 1 aromatic carbocycles. The number of benzene rings is 1. The van der Waals surface area contributed by atoms with E-state index in [1.807, 2.05) is 0 Å². The average Bonchev–Trinajstić information content (AvgIpc) is 2.44. The second kappa shape index (κ2) is 7.44. The van der Waals surface area contributed by atoms with Crippen molar-refractivity contribution in [2.24, 2.45) is 0 Å².